The van der Waals surface area contributed by atoms with Gasteiger partial charge in [-0.25, -0.2) is 0 Å². The van der Waals surface area contributed by atoms with Gasteiger partial charge in [-0.3, -0.25) is 9.69 Å². The molecular weight excluding hydrogens is 308 g/mol. The zero-order chi connectivity index (χ0) is 17.5. The van der Waals surface area contributed by atoms with Crippen molar-refractivity contribution in [1.29, 1.82) is 0 Å². The summed E-state index contributed by atoms with van der Waals surface area (Å²) in [6.07, 6.45) is 0.880. The van der Waals surface area contributed by atoms with Crippen LogP contribution >= 0.6 is 0 Å². The van der Waals surface area contributed by atoms with Crippen LogP contribution in [0, 0.1) is 0 Å². The van der Waals surface area contributed by atoms with Gasteiger partial charge in [-0.05, 0) is 31.4 Å². The summed E-state index contributed by atoms with van der Waals surface area (Å²) in [5.41, 5.74) is 1.28. The summed E-state index contributed by atoms with van der Waals surface area (Å²) in [4.78, 5) is 13.1. The topological polar surface area (TPSA) is 93.0 Å². The number of carbonyl (C=O) groups excluding carboxylic acids is 1. The first kappa shape index (κ1) is 18.9. The monoisotopic (exact) mass is 336 g/mol. The second kappa shape index (κ2) is 9.13. The molecule has 0 spiro atoms. The van der Waals surface area contributed by atoms with Gasteiger partial charge < -0.3 is 20.6 Å². The number of amides is 1. The molecule has 6 nitrogen and oxygen atoms in total. The molecule has 0 aliphatic carbocycles. The van der Waals surface area contributed by atoms with Crippen LogP contribution in [0.2, 0.25) is 0 Å². The second-order valence-electron chi connectivity index (χ2n) is 6.42. The van der Waals surface area contributed by atoms with E-state index in [-0.39, 0.29) is 25.1 Å². The van der Waals surface area contributed by atoms with Crippen LogP contribution in [-0.2, 0) is 11.2 Å². The fourth-order valence-corrected chi connectivity index (χ4v) is 3.39. The molecule has 1 aliphatic rings. The van der Waals surface area contributed by atoms with E-state index in [4.69, 9.17) is 0 Å². The number of likely N-dealkylation sites (tertiary alicyclic amines) is 1. The lowest BCUT2D eigenvalue weighted by atomic mass is 10.1. The Kier molecular flexibility index (Phi) is 7.17. The summed E-state index contributed by atoms with van der Waals surface area (Å²) >= 11 is 0. The molecule has 1 aromatic carbocycles. The van der Waals surface area contributed by atoms with Crippen LogP contribution in [0.25, 0.3) is 0 Å². The highest BCUT2D eigenvalue weighted by molar-refractivity contribution is 5.72. The number of aryl methyl sites for hydroxylation is 1. The number of benzene rings is 1. The van der Waals surface area contributed by atoms with E-state index in [1.54, 1.807) is 0 Å². The Hall–Kier alpha value is -1.47. The Labute approximate surface area is 143 Å². The summed E-state index contributed by atoms with van der Waals surface area (Å²) < 4.78 is 0. The molecule has 1 heterocycles. The molecule has 6 heteroatoms. The van der Waals surface area contributed by atoms with E-state index in [0.29, 0.717) is 6.54 Å². The highest BCUT2D eigenvalue weighted by Gasteiger charge is 2.46. The van der Waals surface area contributed by atoms with Crippen molar-refractivity contribution in [2.24, 2.45) is 0 Å². The quantitative estimate of drug-likeness (QED) is 0.498. The van der Waals surface area contributed by atoms with E-state index in [1.807, 2.05) is 23.1 Å². The minimum absolute atomic E-state index is 0.173. The van der Waals surface area contributed by atoms with Crippen LogP contribution in [0.15, 0.2) is 30.3 Å². The largest absolute Gasteiger partial charge is 0.395 e. The van der Waals surface area contributed by atoms with Crippen molar-refractivity contribution < 1.29 is 20.1 Å². The molecule has 4 unspecified atom stereocenters. The predicted molar refractivity (Wildman–Crippen MR) is 91.4 cm³/mol. The molecular formula is C18H28N2O4. The standard InChI is InChI=1S/C18H28N2O4/c1-13(22)19-11-15-17(23)18(24)16(12-21)20(15)10-6-5-9-14-7-3-2-4-8-14/h2-4,7-8,15-18,21,23-24H,5-6,9-12H2,1H3,(H,19,22). The van der Waals surface area contributed by atoms with Crippen molar-refractivity contribution in [3.05, 3.63) is 35.9 Å². The number of aliphatic hydroxyl groups is 3. The Bertz CT molecular complexity index is 511. The van der Waals surface area contributed by atoms with Crippen molar-refractivity contribution in [3.63, 3.8) is 0 Å². The number of rotatable bonds is 8. The van der Waals surface area contributed by atoms with Crippen LogP contribution in [0.3, 0.4) is 0 Å². The predicted octanol–water partition coefficient (Wildman–Crippen LogP) is -0.0877. The molecule has 1 amide bonds. The van der Waals surface area contributed by atoms with Gasteiger partial charge in [0.15, 0.2) is 0 Å². The maximum atomic E-state index is 11.1. The van der Waals surface area contributed by atoms with E-state index < -0.39 is 18.2 Å². The Balaban J connectivity index is 1.89. The fraction of sp³-hybridized carbons (Fsp3) is 0.611. The van der Waals surface area contributed by atoms with E-state index in [2.05, 4.69) is 17.4 Å². The maximum Gasteiger partial charge on any atom is 0.216 e. The zero-order valence-electron chi connectivity index (χ0n) is 14.1. The Morgan fingerprint density at radius 1 is 1.12 bits per heavy atom. The summed E-state index contributed by atoms with van der Waals surface area (Å²) in [7, 11) is 0. The summed E-state index contributed by atoms with van der Waals surface area (Å²) in [6.45, 7) is 2.14. The van der Waals surface area contributed by atoms with Crippen LogP contribution in [0.5, 0.6) is 0 Å². The van der Waals surface area contributed by atoms with Gasteiger partial charge >= 0.3 is 0 Å². The average molecular weight is 336 g/mol. The molecule has 4 atom stereocenters. The number of hydrogen-bond donors (Lipinski definition) is 4. The van der Waals surface area contributed by atoms with E-state index in [0.717, 1.165) is 19.3 Å². The number of nitrogens with one attached hydrogen (secondary N) is 1. The highest BCUT2D eigenvalue weighted by Crippen LogP contribution is 2.25. The number of carbonyl (C=O) groups is 1. The van der Waals surface area contributed by atoms with E-state index >= 15 is 0 Å². The Morgan fingerprint density at radius 2 is 1.79 bits per heavy atom. The smallest absolute Gasteiger partial charge is 0.216 e. The number of unbranched alkanes of at least 4 members (excludes halogenated alkanes) is 1. The number of nitrogens with zero attached hydrogens (tertiary/aromatic N) is 1. The minimum Gasteiger partial charge on any atom is -0.395 e. The molecule has 0 aromatic heterocycles. The molecule has 4 N–H and O–H groups in total. The van der Waals surface area contributed by atoms with Gasteiger partial charge in [0.25, 0.3) is 0 Å². The van der Waals surface area contributed by atoms with Gasteiger partial charge in [0.1, 0.15) is 0 Å². The number of hydrogen-bond acceptors (Lipinski definition) is 5. The highest BCUT2D eigenvalue weighted by atomic mass is 16.3. The summed E-state index contributed by atoms with van der Waals surface area (Å²) in [5, 5.41) is 32.6. The van der Waals surface area contributed by atoms with Gasteiger partial charge in [-0.15, -0.1) is 0 Å². The minimum atomic E-state index is -0.997. The summed E-state index contributed by atoms with van der Waals surface area (Å²) in [6, 6.07) is 9.36. The first-order valence-electron chi connectivity index (χ1n) is 8.55. The molecule has 1 aromatic rings. The average Bonchev–Trinajstić information content (AvgIpc) is 2.81. The molecule has 134 valence electrons. The lowest BCUT2D eigenvalue weighted by molar-refractivity contribution is -0.119. The van der Waals surface area contributed by atoms with Gasteiger partial charge in [0, 0.05) is 13.5 Å². The van der Waals surface area contributed by atoms with E-state index in [9.17, 15) is 20.1 Å². The second-order valence-corrected chi connectivity index (χ2v) is 6.42. The molecule has 1 aliphatic heterocycles. The SMILES string of the molecule is CC(=O)NCC1C(O)C(O)C(CO)N1CCCCc1ccccc1. The molecule has 2 rings (SSSR count). The van der Waals surface area contributed by atoms with Crippen molar-refractivity contribution in [3.8, 4) is 0 Å². The fourth-order valence-electron chi connectivity index (χ4n) is 3.39. The van der Waals surface area contributed by atoms with E-state index in [1.165, 1.54) is 12.5 Å². The van der Waals surface area contributed by atoms with Crippen molar-refractivity contribution in [2.75, 3.05) is 19.7 Å². The molecule has 0 saturated carbocycles. The summed E-state index contributed by atoms with van der Waals surface area (Å²) in [5.74, 6) is -0.173. The van der Waals surface area contributed by atoms with Gasteiger partial charge in [-0.1, -0.05) is 30.3 Å². The van der Waals surface area contributed by atoms with Crippen LogP contribution in [0.4, 0.5) is 0 Å². The molecule has 1 saturated heterocycles. The third-order valence-corrected chi connectivity index (χ3v) is 4.71. The Morgan fingerprint density at radius 3 is 2.42 bits per heavy atom. The van der Waals surface area contributed by atoms with Crippen LogP contribution < -0.4 is 5.32 Å². The van der Waals surface area contributed by atoms with Crippen molar-refractivity contribution in [2.45, 2.75) is 50.5 Å². The lowest BCUT2D eigenvalue weighted by Crippen LogP contribution is -2.47. The first-order chi connectivity index (χ1) is 11.5. The molecule has 0 bridgehead atoms. The molecule has 24 heavy (non-hydrogen) atoms. The third kappa shape index (κ3) is 4.77. The normalized spacial score (nSPS) is 27.3. The molecule has 1 fully saturated rings. The van der Waals surface area contributed by atoms with Crippen LogP contribution in [-0.4, -0.2) is 70.1 Å². The van der Waals surface area contributed by atoms with Gasteiger partial charge in [-0.2, -0.15) is 0 Å². The first-order valence-corrected chi connectivity index (χ1v) is 8.55. The molecule has 0 radical (unpaired) electrons. The van der Waals surface area contributed by atoms with Crippen molar-refractivity contribution >= 4 is 5.91 Å². The van der Waals surface area contributed by atoms with Crippen LogP contribution in [0.1, 0.15) is 25.3 Å². The number of aliphatic hydroxyl groups excluding tert-OH is 3. The lowest BCUT2D eigenvalue weighted by Gasteiger charge is -2.29. The van der Waals surface area contributed by atoms with Crippen molar-refractivity contribution in [1.82, 2.24) is 10.2 Å². The van der Waals surface area contributed by atoms with Gasteiger partial charge in [0.05, 0.1) is 30.9 Å². The third-order valence-electron chi connectivity index (χ3n) is 4.71. The van der Waals surface area contributed by atoms with Gasteiger partial charge in [0.2, 0.25) is 5.91 Å². The maximum absolute atomic E-state index is 11.1. The zero-order valence-corrected chi connectivity index (χ0v) is 14.1.